The Bertz CT molecular complexity index is 843. The third-order valence-corrected chi connectivity index (χ3v) is 4.86. The zero-order valence-electron chi connectivity index (χ0n) is 11.0. The molecule has 2 N–H and O–H groups in total. The van der Waals surface area contributed by atoms with E-state index >= 15 is 0 Å². The quantitative estimate of drug-likeness (QED) is 0.853. The highest BCUT2D eigenvalue weighted by Gasteiger charge is 2.26. The Kier molecular flexibility index (Phi) is 4.90. The SMILES string of the molecule is O=C(O)c1c[nH]nc1S(=O)(=O)CC(Cl)=Cc1cccc(Cl)c1. The van der Waals surface area contributed by atoms with E-state index in [0.717, 1.165) is 6.20 Å². The van der Waals surface area contributed by atoms with Gasteiger partial charge in [0.2, 0.25) is 9.84 Å². The molecule has 0 bridgehead atoms. The smallest absolute Gasteiger partial charge is 0.340 e. The number of aromatic amines is 1. The molecule has 2 rings (SSSR count). The van der Waals surface area contributed by atoms with Crippen molar-refractivity contribution in [2.45, 2.75) is 5.03 Å². The number of carboxylic acids is 1. The maximum atomic E-state index is 12.2. The number of H-pyrrole nitrogens is 1. The normalized spacial score (nSPS) is 12.4. The molecule has 2 aromatic rings. The monoisotopic (exact) mass is 360 g/mol. The Morgan fingerprint density at radius 2 is 2.14 bits per heavy atom. The number of aromatic nitrogens is 2. The third-order valence-electron chi connectivity index (χ3n) is 2.63. The molecule has 22 heavy (non-hydrogen) atoms. The molecule has 0 aliphatic carbocycles. The lowest BCUT2D eigenvalue weighted by molar-refractivity contribution is 0.0692. The molecule has 0 amide bonds. The van der Waals surface area contributed by atoms with Gasteiger partial charge in [0, 0.05) is 16.3 Å². The van der Waals surface area contributed by atoms with Crippen LogP contribution in [0, 0.1) is 0 Å². The van der Waals surface area contributed by atoms with Crippen molar-refractivity contribution in [1.82, 2.24) is 10.2 Å². The molecule has 0 aliphatic heterocycles. The van der Waals surface area contributed by atoms with E-state index in [9.17, 15) is 13.2 Å². The van der Waals surface area contributed by atoms with Crippen LogP contribution >= 0.6 is 23.2 Å². The lowest BCUT2D eigenvalue weighted by Gasteiger charge is -2.02. The van der Waals surface area contributed by atoms with Crippen molar-refractivity contribution in [3.63, 3.8) is 0 Å². The summed E-state index contributed by atoms with van der Waals surface area (Å²) in [6, 6.07) is 6.70. The van der Waals surface area contributed by atoms with Gasteiger partial charge in [0.05, 0.1) is 5.75 Å². The average molecular weight is 361 g/mol. The fraction of sp³-hybridized carbons (Fsp3) is 0.0769. The van der Waals surface area contributed by atoms with Crippen LogP contribution in [-0.2, 0) is 9.84 Å². The van der Waals surface area contributed by atoms with Crippen LogP contribution in [0.15, 0.2) is 40.5 Å². The first-order chi connectivity index (χ1) is 10.3. The molecule has 0 saturated carbocycles. The Labute approximate surface area is 136 Å². The summed E-state index contributed by atoms with van der Waals surface area (Å²) < 4.78 is 24.4. The van der Waals surface area contributed by atoms with Gasteiger partial charge in [0.25, 0.3) is 0 Å². The molecule has 0 atom stereocenters. The highest BCUT2D eigenvalue weighted by atomic mass is 35.5. The molecule has 1 heterocycles. The standard InChI is InChI=1S/C13H10Cl2N2O4S/c14-9-3-1-2-8(4-9)5-10(15)7-22(20,21)12-11(13(18)19)6-16-17-12/h1-6H,7H2,(H,16,17)(H,18,19). The first kappa shape index (κ1) is 16.5. The number of carboxylic acid groups (broad SMARTS) is 1. The summed E-state index contributed by atoms with van der Waals surface area (Å²) in [5, 5.41) is 14.6. The molecular weight excluding hydrogens is 351 g/mol. The van der Waals surface area contributed by atoms with Crippen LogP contribution in [0.1, 0.15) is 15.9 Å². The van der Waals surface area contributed by atoms with Crippen LogP contribution in [-0.4, -0.2) is 35.4 Å². The summed E-state index contributed by atoms with van der Waals surface area (Å²) in [6.07, 6.45) is 2.45. The summed E-state index contributed by atoms with van der Waals surface area (Å²) in [4.78, 5) is 11.0. The fourth-order valence-corrected chi connectivity index (χ4v) is 3.75. The Balaban J connectivity index is 2.28. The van der Waals surface area contributed by atoms with Crippen molar-refractivity contribution in [3.05, 3.63) is 51.6 Å². The van der Waals surface area contributed by atoms with Crippen molar-refractivity contribution < 1.29 is 18.3 Å². The zero-order chi connectivity index (χ0) is 16.3. The molecule has 0 saturated heterocycles. The van der Waals surface area contributed by atoms with E-state index in [1.165, 1.54) is 6.08 Å². The summed E-state index contributed by atoms with van der Waals surface area (Å²) in [5.74, 6) is -1.95. The highest BCUT2D eigenvalue weighted by molar-refractivity contribution is 7.91. The number of halogens is 2. The highest BCUT2D eigenvalue weighted by Crippen LogP contribution is 2.20. The molecule has 9 heteroatoms. The van der Waals surface area contributed by atoms with Gasteiger partial charge in [-0.15, -0.1) is 0 Å². The molecule has 0 unspecified atom stereocenters. The van der Waals surface area contributed by atoms with Crippen molar-refractivity contribution >= 4 is 45.1 Å². The van der Waals surface area contributed by atoms with Gasteiger partial charge < -0.3 is 5.11 Å². The predicted molar refractivity (Wildman–Crippen MR) is 82.9 cm³/mol. The maximum absolute atomic E-state index is 12.2. The van der Waals surface area contributed by atoms with Gasteiger partial charge in [-0.2, -0.15) is 5.10 Å². The van der Waals surface area contributed by atoms with E-state index < -0.39 is 32.1 Å². The lowest BCUT2D eigenvalue weighted by atomic mass is 10.2. The van der Waals surface area contributed by atoms with Crippen LogP contribution < -0.4 is 0 Å². The number of hydrogen-bond donors (Lipinski definition) is 2. The van der Waals surface area contributed by atoms with E-state index in [2.05, 4.69) is 10.2 Å². The third kappa shape index (κ3) is 3.88. The molecule has 0 radical (unpaired) electrons. The van der Waals surface area contributed by atoms with Gasteiger partial charge in [-0.1, -0.05) is 35.3 Å². The van der Waals surface area contributed by atoms with Crippen LogP contribution in [0.25, 0.3) is 6.08 Å². The molecule has 116 valence electrons. The molecular formula is C13H10Cl2N2O4S. The summed E-state index contributed by atoms with van der Waals surface area (Å²) in [7, 11) is -3.98. The van der Waals surface area contributed by atoms with E-state index in [4.69, 9.17) is 28.3 Å². The van der Waals surface area contributed by atoms with E-state index in [1.807, 2.05) is 0 Å². The van der Waals surface area contributed by atoms with E-state index in [0.29, 0.717) is 10.6 Å². The number of sulfone groups is 1. The summed E-state index contributed by atoms with van der Waals surface area (Å²) >= 11 is 11.8. The molecule has 1 aromatic heterocycles. The largest absolute Gasteiger partial charge is 0.478 e. The van der Waals surface area contributed by atoms with Gasteiger partial charge in [-0.25, -0.2) is 13.2 Å². The zero-order valence-corrected chi connectivity index (χ0v) is 13.3. The maximum Gasteiger partial charge on any atom is 0.340 e. The van der Waals surface area contributed by atoms with Crippen molar-refractivity contribution in [1.29, 1.82) is 0 Å². The molecule has 0 aliphatic rings. The van der Waals surface area contributed by atoms with Crippen molar-refractivity contribution in [2.24, 2.45) is 0 Å². The molecule has 0 spiro atoms. The molecule has 0 fully saturated rings. The van der Waals surface area contributed by atoms with Crippen molar-refractivity contribution in [2.75, 3.05) is 5.75 Å². The van der Waals surface area contributed by atoms with Crippen LogP contribution in [0.2, 0.25) is 5.02 Å². The van der Waals surface area contributed by atoms with Crippen LogP contribution in [0.3, 0.4) is 0 Å². The van der Waals surface area contributed by atoms with E-state index in [-0.39, 0.29) is 5.03 Å². The first-order valence-corrected chi connectivity index (χ1v) is 8.32. The fourth-order valence-electron chi connectivity index (χ4n) is 1.74. The summed E-state index contributed by atoms with van der Waals surface area (Å²) in [6.45, 7) is 0. The Hall–Kier alpha value is -1.83. The van der Waals surface area contributed by atoms with Crippen LogP contribution in [0.5, 0.6) is 0 Å². The Morgan fingerprint density at radius 1 is 1.41 bits per heavy atom. The van der Waals surface area contributed by atoms with E-state index in [1.54, 1.807) is 24.3 Å². The number of benzene rings is 1. The minimum Gasteiger partial charge on any atom is -0.478 e. The number of aromatic carboxylic acids is 1. The first-order valence-electron chi connectivity index (χ1n) is 5.91. The predicted octanol–water partition coefficient (Wildman–Crippen LogP) is 2.81. The number of carbonyl (C=O) groups is 1. The van der Waals surface area contributed by atoms with Gasteiger partial charge in [-0.3, -0.25) is 5.10 Å². The minimum absolute atomic E-state index is 0.0154. The second kappa shape index (κ2) is 6.51. The minimum atomic E-state index is -3.98. The summed E-state index contributed by atoms with van der Waals surface area (Å²) in [5.41, 5.74) is 0.209. The molecule has 1 aromatic carbocycles. The number of rotatable bonds is 5. The Morgan fingerprint density at radius 3 is 2.77 bits per heavy atom. The lowest BCUT2D eigenvalue weighted by Crippen LogP contribution is -2.12. The van der Waals surface area contributed by atoms with Gasteiger partial charge >= 0.3 is 5.97 Å². The topological polar surface area (TPSA) is 100 Å². The number of nitrogens with zero attached hydrogens (tertiary/aromatic N) is 1. The van der Waals surface area contributed by atoms with Crippen LogP contribution in [0.4, 0.5) is 0 Å². The molecule has 6 nitrogen and oxygen atoms in total. The average Bonchev–Trinajstić information content (AvgIpc) is 2.87. The van der Waals surface area contributed by atoms with Crippen molar-refractivity contribution in [3.8, 4) is 0 Å². The second-order valence-electron chi connectivity index (χ2n) is 4.31. The number of hydrogen-bond acceptors (Lipinski definition) is 4. The second-order valence-corrected chi connectivity index (χ2v) is 7.14. The van der Waals surface area contributed by atoms with Gasteiger partial charge in [0.1, 0.15) is 5.56 Å². The van der Waals surface area contributed by atoms with Gasteiger partial charge in [0.15, 0.2) is 5.03 Å². The number of nitrogens with one attached hydrogen (secondary N) is 1. The van der Waals surface area contributed by atoms with Gasteiger partial charge in [-0.05, 0) is 23.8 Å².